The maximum atomic E-state index is 13.9. The Kier molecular flexibility index (Phi) is 6.15. The van der Waals surface area contributed by atoms with Crippen molar-refractivity contribution in [3.63, 3.8) is 0 Å². The van der Waals surface area contributed by atoms with Gasteiger partial charge < -0.3 is 20.5 Å². The number of carbonyl (C=O) groups is 4. The molecular formula is C27H30N4O6. The Balaban J connectivity index is 1.48. The summed E-state index contributed by atoms with van der Waals surface area (Å²) in [6, 6.07) is 10.4. The van der Waals surface area contributed by atoms with Crippen LogP contribution in [0, 0.1) is 18.8 Å². The molecule has 10 heteroatoms. The predicted octanol–water partition coefficient (Wildman–Crippen LogP) is 1.24. The minimum absolute atomic E-state index is 0.0341. The highest BCUT2D eigenvalue weighted by molar-refractivity contribution is 6.15. The molecule has 3 aliphatic rings. The minimum atomic E-state index is -1.39. The number of para-hydroxylation sites is 1. The molecular weight excluding hydrogens is 476 g/mol. The van der Waals surface area contributed by atoms with Crippen molar-refractivity contribution in [2.75, 3.05) is 26.1 Å². The van der Waals surface area contributed by atoms with Crippen LogP contribution in [0.3, 0.4) is 0 Å². The fourth-order valence-electron chi connectivity index (χ4n) is 6.08. The Morgan fingerprint density at radius 1 is 1.08 bits per heavy atom. The van der Waals surface area contributed by atoms with Crippen LogP contribution < -0.4 is 25.8 Å². The molecule has 0 bridgehead atoms. The standard InChI is InChI=1S/C27H30N4O6/c1-14-5-4-6-16-23(14)29-26(35)27(16)22-21(17(30-27)8-10-20(28)32)24(33)31(25(22)34)12-11-15-7-9-18(36-2)19(13-15)37-3/h4-7,9,13,17,21-22,30H,8,10-12H2,1-3H3,(H2,28,32)(H,29,35)/t17-,21-,22-,27-/m1/s1. The van der Waals surface area contributed by atoms with Crippen molar-refractivity contribution in [2.45, 2.75) is 37.8 Å². The number of hydrogen-bond donors (Lipinski definition) is 3. The van der Waals surface area contributed by atoms with E-state index in [0.29, 0.717) is 29.2 Å². The number of nitrogens with one attached hydrogen (secondary N) is 2. The predicted molar refractivity (Wildman–Crippen MR) is 134 cm³/mol. The van der Waals surface area contributed by atoms with Crippen molar-refractivity contribution in [1.82, 2.24) is 10.2 Å². The van der Waals surface area contributed by atoms with Crippen LogP contribution in [0.5, 0.6) is 11.5 Å². The van der Waals surface area contributed by atoms with Gasteiger partial charge in [-0.2, -0.15) is 0 Å². The van der Waals surface area contributed by atoms with E-state index in [1.807, 2.05) is 37.3 Å². The van der Waals surface area contributed by atoms with Crippen LogP contribution in [0.25, 0.3) is 0 Å². The van der Waals surface area contributed by atoms with Crippen molar-refractivity contribution in [1.29, 1.82) is 0 Å². The van der Waals surface area contributed by atoms with Crippen molar-refractivity contribution in [2.24, 2.45) is 17.6 Å². The van der Waals surface area contributed by atoms with E-state index >= 15 is 0 Å². The molecule has 2 saturated heterocycles. The highest BCUT2D eigenvalue weighted by Crippen LogP contribution is 2.54. The molecule has 3 heterocycles. The average molecular weight is 507 g/mol. The molecule has 0 saturated carbocycles. The van der Waals surface area contributed by atoms with Gasteiger partial charge in [-0.25, -0.2) is 0 Å². The second kappa shape index (κ2) is 9.19. The molecule has 0 aromatic heterocycles. The van der Waals surface area contributed by atoms with E-state index in [2.05, 4.69) is 10.6 Å². The van der Waals surface area contributed by atoms with E-state index in [1.165, 1.54) is 4.90 Å². The lowest BCUT2D eigenvalue weighted by atomic mass is 9.76. The SMILES string of the molecule is COc1ccc(CCN2C(=O)[C@@H]3[C@@H](CCC(N)=O)N[C@@]4(C(=O)Nc5c(C)cccc54)[C@H]3C2=O)cc1OC. The van der Waals surface area contributed by atoms with Crippen molar-refractivity contribution in [3.8, 4) is 11.5 Å². The Hall–Kier alpha value is -3.92. The minimum Gasteiger partial charge on any atom is -0.493 e. The van der Waals surface area contributed by atoms with Crippen LogP contribution in [0.15, 0.2) is 36.4 Å². The first-order chi connectivity index (χ1) is 17.7. The lowest BCUT2D eigenvalue weighted by Crippen LogP contribution is -2.53. The smallest absolute Gasteiger partial charge is 0.250 e. The van der Waals surface area contributed by atoms with E-state index in [0.717, 1.165) is 11.1 Å². The lowest BCUT2D eigenvalue weighted by molar-refractivity contribution is -0.142. The molecule has 37 heavy (non-hydrogen) atoms. The zero-order chi connectivity index (χ0) is 26.5. The molecule has 4 N–H and O–H groups in total. The number of rotatable bonds is 8. The highest BCUT2D eigenvalue weighted by atomic mass is 16.5. The summed E-state index contributed by atoms with van der Waals surface area (Å²) in [5.74, 6) is -2.18. The van der Waals surface area contributed by atoms with Gasteiger partial charge in [0.15, 0.2) is 11.5 Å². The summed E-state index contributed by atoms with van der Waals surface area (Å²) in [4.78, 5) is 53.9. The van der Waals surface area contributed by atoms with Crippen LogP contribution in [-0.4, -0.2) is 55.3 Å². The van der Waals surface area contributed by atoms with Gasteiger partial charge in [0, 0.05) is 30.3 Å². The first-order valence-electron chi connectivity index (χ1n) is 12.3. The molecule has 4 atom stereocenters. The summed E-state index contributed by atoms with van der Waals surface area (Å²) in [5, 5.41) is 6.25. The normalized spacial score (nSPS) is 25.9. The molecule has 194 valence electrons. The molecule has 2 aromatic rings. The number of primary amides is 1. The highest BCUT2D eigenvalue weighted by Gasteiger charge is 2.70. The zero-order valence-electron chi connectivity index (χ0n) is 21.0. The Labute approximate surface area is 214 Å². The second-order valence-electron chi connectivity index (χ2n) is 9.79. The van der Waals surface area contributed by atoms with Crippen molar-refractivity contribution < 1.29 is 28.7 Å². The molecule has 2 aromatic carbocycles. The van der Waals surface area contributed by atoms with Crippen molar-refractivity contribution in [3.05, 3.63) is 53.1 Å². The molecule has 4 amide bonds. The number of fused-ring (bicyclic) bond motifs is 4. The van der Waals surface area contributed by atoms with Gasteiger partial charge in [-0.3, -0.25) is 29.4 Å². The van der Waals surface area contributed by atoms with Gasteiger partial charge in [0.05, 0.1) is 26.1 Å². The van der Waals surface area contributed by atoms with Gasteiger partial charge in [-0.05, 0) is 43.0 Å². The second-order valence-corrected chi connectivity index (χ2v) is 9.79. The van der Waals surface area contributed by atoms with Crippen LogP contribution >= 0.6 is 0 Å². The Morgan fingerprint density at radius 2 is 1.84 bits per heavy atom. The largest absolute Gasteiger partial charge is 0.493 e. The van der Waals surface area contributed by atoms with Crippen molar-refractivity contribution >= 4 is 29.3 Å². The van der Waals surface area contributed by atoms with Crippen LogP contribution in [0.1, 0.15) is 29.5 Å². The first kappa shape index (κ1) is 24.8. The third-order valence-corrected chi connectivity index (χ3v) is 7.82. The zero-order valence-corrected chi connectivity index (χ0v) is 21.0. The number of amides is 4. The first-order valence-corrected chi connectivity index (χ1v) is 12.3. The third kappa shape index (κ3) is 3.74. The molecule has 5 rings (SSSR count). The number of methoxy groups -OCH3 is 2. The van der Waals surface area contributed by atoms with Gasteiger partial charge in [0.25, 0.3) is 0 Å². The number of likely N-dealkylation sites (tertiary alicyclic amines) is 1. The van der Waals surface area contributed by atoms with E-state index in [1.54, 1.807) is 20.3 Å². The average Bonchev–Trinajstić information content (AvgIpc) is 3.46. The summed E-state index contributed by atoms with van der Waals surface area (Å²) in [7, 11) is 3.09. The molecule has 0 unspecified atom stereocenters. The van der Waals surface area contributed by atoms with Crippen LogP contribution in [0.2, 0.25) is 0 Å². The van der Waals surface area contributed by atoms with E-state index < -0.39 is 35.2 Å². The maximum Gasteiger partial charge on any atom is 0.250 e. The number of aryl methyl sites for hydroxylation is 1. The molecule has 2 fully saturated rings. The van der Waals surface area contributed by atoms with Gasteiger partial charge in [-0.15, -0.1) is 0 Å². The number of benzene rings is 2. The molecule has 10 nitrogen and oxygen atoms in total. The monoisotopic (exact) mass is 506 g/mol. The van der Waals surface area contributed by atoms with E-state index in [9.17, 15) is 19.2 Å². The maximum absolute atomic E-state index is 13.9. The van der Waals surface area contributed by atoms with Crippen LogP contribution in [0.4, 0.5) is 5.69 Å². The van der Waals surface area contributed by atoms with Gasteiger partial charge >= 0.3 is 0 Å². The number of carbonyl (C=O) groups excluding carboxylic acids is 4. The third-order valence-electron chi connectivity index (χ3n) is 7.82. The summed E-state index contributed by atoms with van der Waals surface area (Å²) < 4.78 is 10.7. The summed E-state index contributed by atoms with van der Waals surface area (Å²) in [5.41, 5.74) is 7.04. The van der Waals surface area contributed by atoms with E-state index in [4.69, 9.17) is 15.2 Å². The summed E-state index contributed by atoms with van der Waals surface area (Å²) >= 11 is 0. The summed E-state index contributed by atoms with van der Waals surface area (Å²) in [6.07, 6.45) is 0.688. The van der Waals surface area contributed by atoms with E-state index in [-0.39, 0.29) is 31.2 Å². The molecule has 3 aliphatic heterocycles. The van der Waals surface area contributed by atoms with Gasteiger partial charge in [0.1, 0.15) is 5.54 Å². The van der Waals surface area contributed by atoms with Crippen LogP contribution in [-0.2, 0) is 31.1 Å². The number of nitrogens with two attached hydrogens (primary N) is 1. The topological polar surface area (TPSA) is 140 Å². The number of ether oxygens (including phenoxy) is 2. The number of hydrogen-bond acceptors (Lipinski definition) is 7. The van der Waals surface area contributed by atoms with Gasteiger partial charge in [0.2, 0.25) is 23.6 Å². The number of anilines is 1. The molecule has 0 aliphatic carbocycles. The molecule has 0 radical (unpaired) electrons. The fourth-order valence-corrected chi connectivity index (χ4v) is 6.08. The van der Waals surface area contributed by atoms with Gasteiger partial charge in [-0.1, -0.05) is 24.3 Å². The number of nitrogens with zero attached hydrogens (tertiary/aromatic N) is 1. The number of imide groups is 1. The fraction of sp³-hybridized carbons (Fsp3) is 0.407. The quantitative estimate of drug-likeness (QED) is 0.458. The lowest BCUT2D eigenvalue weighted by Gasteiger charge is -2.29. The molecule has 1 spiro atoms. The Bertz CT molecular complexity index is 1310. The Morgan fingerprint density at radius 3 is 2.54 bits per heavy atom. The summed E-state index contributed by atoms with van der Waals surface area (Å²) in [6.45, 7) is 2.03.